The maximum absolute atomic E-state index is 13.3. The Labute approximate surface area is 171 Å². The minimum Gasteiger partial charge on any atom is -0.350 e. The Hall–Kier alpha value is -2.19. The standard InChI is InChI=1S/C21H28FN3O3S/c1-14-9-11-25(12-10-14)21(26)19-15(2)24(4)16(3)20(19)29(27,28)23-13-17-5-7-18(22)8-6-17/h5-8,14,23H,9-13H2,1-4H3. The van der Waals surface area contributed by atoms with E-state index >= 15 is 0 Å². The zero-order chi connectivity index (χ0) is 21.3. The van der Waals surface area contributed by atoms with Gasteiger partial charge in [-0.2, -0.15) is 0 Å². The largest absolute Gasteiger partial charge is 0.350 e. The molecule has 158 valence electrons. The van der Waals surface area contributed by atoms with E-state index < -0.39 is 10.0 Å². The molecule has 1 amide bonds. The lowest BCUT2D eigenvalue weighted by Gasteiger charge is -2.30. The number of benzene rings is 1. The summed E-state index contributed by atoms with van der Waals surface area (Å²) in [5.74, 6) is -0.0478. The molecule has 1 fully saturated rings. The molecule has 8 heteroatoms. The fourth-order valence-corrected chi connectivity index (χ4v) is 5.25. The smallest absolute Gasteiger partial charge is 0.257 e. The number of hydrogen-bond acceptors (Lipinski definition) is 3. The van der Waals surface area contributed by atoms with Gasteiger partial charge in [0.25, 0.3) is 5.91 Å². The molecule has 29 heavy (non-hydrogen) atoms. The van der Waals surface area contributed by atoms with Gasteiger partial charge in [0, 0.05) is 38.1 Å². The number of nitrogens with zero attached hydrogens (tertiary/aromatic N) is 2. The number of nitrogens with one attached hydrogen (secondary N) is 1. The zero-order valence-electron chi connectivity index (χ0n) is 17.3. The predicted octanol–water partition coefficient (Wildman–Crippen LogP) is 3.13. The molecule has 6 nitrogen and oxygen atoms in total. The quantitative estimate of drug-likeness (QED) is 0.806. The van der Waals surface area contributed by atoms with E-state index in [0.717, 1.165) is 12.8 Å². The SMILES string of the molecule is Cc1c(C(=O)N2CCC(C)CC2)c(S(=O)(=O)NCc2ccc(F)cc2)c(C)n1C. The van der Waals surface area contributed by atoms with E-state index in [0.29, 0.717) is 36.0 Å². The molecule has 1 saturated heterocycles. The van der Waals surface area contributed by atoms with Crippen molar-refractivity contribution in [3.8, 4) is 0 Å². The van der Waals surface area contributed by atoms with Gasteiger partial charge in [-0.05, 0) is 50.3 Å². The van der Waals surface area contributed by atoms with Crippen LogP contribution < -0.4 is 4.72 Å². The van der Waals surface area contributed by atoms with Gasteiger partial charge >= 0.3 is 0 Å². The maximum atomic E-state index is 13.3. The summed E-state index contributed by atoms with van der Waals surface area (Å²) in [5, 5.41) is 0. The molecule has 1 aliphatic rings. The van der Waals surface area contributed by atoms with Crippen molar-refractivity contribution in [2.24, 2.45) is 13.0 Å². The Morgan fingerprint density at radius 2 is 1.72 bits per heavy atom. The van der Waals surface area contributed by atoms with Crippen LogP contribution in [0.4, 0.5) is 4.39 Å². The first-order valence-electron chi connectivity index (χ1n) is 9.81. The van der Waals surface area contributed by atoms with E-state index in [4.69, 9.17) is 0 Å². The third-order valence-electron chi connectivity index (χ3n) is 5.86. The van der Waals surface area contributed by atoms with Gasteiger partial charge in [0.15, 0.2) is 0 Å². The zero-order valence-corrected chi connectivity index (χ0v) is 18.1. The number of carbonyl (C=O) groups is 1. The van der Waals surface area contributed by atoms with Gasteiger partial charge in [-0.15, -0.1) is 0 Å². The summed E-state index contributed by atoms with van der Waals surface area (Å²) in [6.45, 7) is 6.92. The van der Waals surface area contributed by atoms with E-state index in [1.54, 1.807) is 30.4 Å². The number of likely N-dealkylation sites (tertiary alicyclic amines) is 1. The summed E-state index contributed by atoms with van der Waals surface area (Å²) in [7, 11) is -2.18. The molecule has 0 bridgehead atoms. The van der Waals surface area contributed by atoms with Crippen molar-refractivity contribution in [2.75, 3.05) is 13.1 Å². The Bertz CT molecular complexity index is 1000. The summed E-state index contributed by atoms with van der Waals surface area (Å²) in [5.41, 5.74) is 2.03. The topological polar surface area (TPSA) is 71.4 Å². The highest BCUT2D eigenvalue weighted by Crippen LogP contribution is 2.29. The van der Waals surface area contributed by atoms with Gasteiger partial charge < -0.3 is 9.47 Å². The van der Waals surface area contributed by atoms with Crippen LogP contribution in [-0.2, 0) is 23.6 Å². The molecule has 0 radical (unpaired) electrons. The number of hydrogen-bond donors (Lipinski definition) is 1. The predicted molar refractivity (Wildman–Crippen MR) is 110 cm³/mol. The number of aromatic nitrogens is 1. The highest BCUT2D eigenvalue weighted by molar-refractivity contribution is 7.89. The van der Waals surface area contributed by atoms with Gasteiger partial charge in [-0.1, -0.05) is 19.1 Å². The molecule has 1 aromatic carbocycles. The van der Waals surface area contributed by atoms with E-state index in [2.05, 4.69) is 11.6 Å². The van der Waals surface area contributed by atoms with Crippen LogP contribution in [0, 0.1) is 25.6 Å². The van der Waals surface area contributed by atoms with E-state index in [1.165, 1.54) is 24.3 Å². The van der Waals surface area contributed by atoms with Crippen LogP contribution in [-0.4, -0.2) is 36.9 Å². The molecular weight excluding hydrogens is 393 g/mol. The highest BCUT2D eigenvalue weighted by Gasteiger charge is 2.33. The molecule has 0 unspecified atom stereocenters. The van der Waals surface area contributed by atoms with Crippen molar-refractivity contribution in [3.05, 3.63) is 52.6 Å². The second kappa shape index (κ2) is 8.28. The monoisotopic (exact) mass is 421 g/mol. The van der Waals surface area contributed by atoms with Crippen LogP contribution in [0.2, 0.25) is 0 Å². The summed E-state index contributed by atoms with van der Waals surface area (Å²) < 4.78 is 43.7. The average Bonchev–Trinajstić information content (AvgIpc) is 2.92. The van der Waals surface area contributed by atoms with Crippen LogP contribution in [0.3, 0.4) is 0 Å². The van der Waals surface area contributed by atoms with Gasteiger partial charge in [-0.3, -0.25) is 4.79 Å². The molecule has 0 saturated carbocycles. The number of rotatable bonds is 5. The van der Waals surface area contributed by atoms with Gasteiger partial charge in [-0.25, -0.2) is 17.5 Å². The van der Waals surface area contributed by atoms with Crippen molar-refractivity contribution >= 4 is 15.9 Å². The first-order chi connectivity index (χ1) is 13.6. The van der Waals surface area contributed by atoms with Crippen molar-refractivity contribution in [3.63, 3.8) is 0 Å². The van der Waals surface area contributed by atoms with Gasteiger partial charge in [0.2, 0.25) is 10.0 Å². The van der Waals surface area contributed by atoms with Crippen molar-refractivity contribution in [1.29, 1.82) is 0 Å². The Balaban J connectivity index is 1.92. The third kappa shape index (κ3) is 4.38. The van der Waals surface area contributed by atoms with Crippen molar-refractivity contribution < 1.29 is 17.6 Å². The summed E-state index contributed by atoms with van der Waals surface area (Å²) in [6, 6.07) is 5.63. The van der Waals surface area contributed by atoms with Gasteiger partial charge in [0.05, 0.1) is 5.56 Å². The first-order valence-corrected chi connectivity index (χ1v) is 11.3. The number of amides is 1. The maximum Gasteiger partial charge on any atom is 0.257 e. The number of piperidine rings is 1. The molecule has 0 spiro atoms. The summed E-state index contributed by atoms with van der Waals surface area (Å²) >= 11 is 0. The lowest BCUT2D eigenvalue weighted by Crippen LogP contribution is -2.39. The van der Waals surface area contributed by atoms with Crippen LogP contribution in [0.5, 0.6) is 0 Å². The molecule has 1 aromatic heterocycles. The second-order valence-corrected chi connectivity index (χ2v) is 9.56. The first kappa shape index (κ1) is 21.5. The fraction of sp³-hybridized carbons (Fsp3) is 0.476. The van der Waals surface area contributed by atoms with Crippen molar-refractivity contribution in [1.82, 2.24) is 14.2 Å². The number of sulfonamides is 1. The Kier molecular flexibility index (Phi) is 6.14. The molecule has 1 N–H and O–H groups in total. The minimum atomic E-state index is -3.94. The molecule has 2 heterocycles. The minimum absolute atomic E-state index is 0.0187. The van der Waals surface area contributed by atoms with E-state index in [-0.39, 0.29) is 28.7 Å². The van der Waals surface area contributed by atoms with Gasteiger partial charge in [0.1, 0.15) is 10.7 Å². The van der Waals surface area contributed by atoms with Crippen LogP contribution in [0.1, 0.15) is 47.1 Å². The van der Waals surface area contributed by atoms with Crippen LogP contribution in [0.25, 0.3) is 0 Å². The second-order valence-electron chi connectivity index (χ2n) is 7.86. The molecule has 0 aliphatic carbocycles. The molecule has 0 atom stereocenters. The molecular formula is C21H28FN3O3S. The third-order valence-corrected chi connectivity index (χ3v) is 7.42. The number of carbonyl (C=O) groups excluding carboxylic acids is 1. The highest BCUT2D eigenvalue weighted by atomic mass is 32.2. The van der Waals surface area contributed by atoms with E-state index in [1.807, 2.05) is 0 Å². The average molecular weight is 422 g/mol. The Morgan fingerprint density at radius 3 is 2.31 bits per heavy atom. The lowest BCUT2D eigenvalue weighted by molar-refractivity contribution is 0.0692. The Morgan fingerprint density at radius 1 is 1.14 bits per heavy atom. The normalized spacial score (nSPS) is 15.7. The van der Waals surface area contributed by atoms with Crippen LogP contribution >= 0.6 is 0 Å². The van der Waals surface area contributed by atoms with Crippen molar-refractivity contribution in [2.45, 2.75) is 45.1 Å². The summed E-state index contributed by atoms with van der Waals surface area (Å²) in [4.78, 5) is 15.0. The van der Waals surface area contributed by atoms with Crippen LogP contribution in [0.15, 0.2) is 29.2 Å². The fourth-order valence-electron chi connectivity index (χ4n) is 3.72. The summed E-state index contributed by atoms with van der Waals surface area (Å²) in [6.07, 6.45) is 1.84. The molecule has 1 aliphatic heterocycles. The molecule has 2 aromatic rings. The number of halogens is 1. The lowest BCUT2D eigenvalue weighted by atomic mass is 9.98. The van der Waals surface area contributed by atoms with E-state index in [9.17, 15) is 17.6 Å². The molecule has 3 rings (SSSR count).